The van der Waals surface area contributed by atoms with E-state index in [9.17, 15) is 9.18 Å². The minimum atomic E-state index is -0.476. The van der Waals surface area contributed by atoms with Crippen LogP contribution in [0.4, 0.5) is 10.1 Å². The van der Waals surface area contributed by atoms with Gasteiger partial charge in [-0.15, -0.1) is 12.4 Å². The van der Waals surface area contributed by atoms with Crippen LogP contribution in [0.2, 0.25) is 0 Å². The highest BCUT2D eigenvalue weighted by Crippen LogP contribution is 2.31. The standard InChI is InChI=1S/C22H23FN4O.ClH/c1-13-10-14(2)27(26-13)21-9-6-16(12-19(21)23)22(28)25-20-5-3-4-15-11-17(24)7-8-18(15)20;/h6-12,20H,3-5,24H2,1-2H3,(H,25,28);1H. The highest BCUT2D eigenvalue weighted by molar-refractivity contribution is 5.94. The van der Waals surface area contributed by atoms with Gasteiger partial charge in [0.1, 0.15) is 11.5 Å². The van der Waals surface area contributed by atoms with Crippen molar-refractivity contribution in [2.45, 2.75) is 39.2 Å². The van der Waals surface area contributed by atoms with E-state index in [4.69, 9.17) is 5.73 Å². The number of carbonyl (C=O) groups excluding carboxylic acids is 1. The number of benzene rings is 2. The maximum atomic E-state index is 14.7. The van der Waals surface area contributed by atoms with Crippen molar-refractivity contribution in [2.24, 2.45) is 0 Å². The predicted molar refractivity (Wildman–Crippen MR) is 114 cm³/mol. The quantitative estimate of drug-likeness (QED) is 0.622. The number of halogens is 2. The lowest BCUT2D eigenvalue weighted by molar-refractivity contribution is 0.0932. The summed E-state index contributed by atoms with van der Waals surface area (Å²) in [5.74, 6) is -0.760. The molecule has 1 aliphatic carbocycles. The Morgan fingerprint density at radius 2 is 2.00 bits per heavy atom. The Morgan fingerprint density at radius 1 is 1.21 bits per heavy atom. The molecule has 1 aliphatic rings. The summed E-state index contributed by atoms with van der Waals surface area (Å²) >= 11 is 0. The van der Waals surface area contributed by atoms with Gasteiger partial charge in [-0.1, -0.05) is 6.07 Å². The highest BCUT2D eigenvalue weighted by Gasteiger charge is 2.23. The second-order valence-corrected chi connectivity index (χ2v) is 7.38. The molecule has 1 atom stereocenters. The normalized spacial score (nSPS) is 15.3. The van der Waals surface area contributed by atoms with Gasteiger partial charge in [0.25, 0.3) is 5.91 Å². The number of nitrogens with zero attached hydrogens (tertiary/aromatic N) is 2. The van der Waals surface area contributed by atoms with Crippen LogP contribution in [0, 0.1) is 19.7 Å². The molecule has 0 bridgehead atoms. The highest BCUT2D eigenvalue weighted by atomic mass is 35.5. The molecule has 3 aromatic rings. The molecule has 1 unspecified atom stereocenters. The number of anilines is 1. The molecule has 7 heteroatoms. The first-order chi connectivity index (χ1) is 13.4. The first kappa shape index (κ1) is 20.9. The van der Waals surface area contributed by atoms with Crippen LogP contribution in [-0.2, 0) is 6.42 Å². The number of aromatic nitrogens is 2. The van der Waals surface area contributed by atoms with Gasteiger partial charge in [0.05, 0.1) is 11.7 Å². The van der Waals surface area contributed by atoms with Gasteiger partial charge in [0.15, 0.2) is 0 Å². The molecule has 152 valence electrons. The van der Waals surface area contributed by atoms with E-state index in [1.165, 1.54) is 11.6 Å². The van der Waals surface area contributed by atoms with E-state index in [1.807, 2.05) is 38.1 Å². The Morgan fingerprint density at radius 3 is 2.69 bits per heavy atom. The van der Waals surface area contributed by atoms with Crippen molar-refractivity contribution in [3.05, 3.63) is 76.4 Å². The summed E-state index contributed by atoms with van der Waals surface area (Å²) in [5.41, 5.74) is 11.1. The Kier molecular flexibility index (Phi) is 5.94. The van der Waals surface area contributed by atoms with E-state index in [0.717, 1.165) is 41.9 Å². The maximum Gasteiger partial charge on any atom is 0.251 e. The Hall–Kier alpha value is -2.86. The van der Waals surface area contributed by atoms with Crippen molar-refractivity contribution < 1.29 is 9.18 Å². The minimum Gasteiger partial charge on any atom is -0.399 e. The summed E-state index contributed by atoms with van der Waals surface area (Å²) in [7, 11) is 0. The fourth-order valence-electron chi connectivity index (χ4n) is 3.92. The van der Waals surface area contributed by atoms with Gasteiger partial charge in [-0.3, -0.25) is 4.79 Å². The zero-order valence-corrected chi connectivity index (χ0v) is 17.2. The number of fused-ring (bicyclic) bond motifs is 1. The Labute approximate surface area is 175 Å². The number of carbonyl (C=O) groups is 1. The molecule has 4 rings (SSSR count). The molecular weight excluding hydrogens is 391 g/mol. The van der Waals surface area contributed by atoms with E-state index in [0.29, 0.717) is 11.3 Å². The molecule has 0 spiro atoms. The van der Waals surface area contributed by atoms with Gasteiger partial charge in [-0.25, -0.2) is 9.07 Å². The second kappa shape index (κ2) is 8.25. The number of hydrogen-bond donors (Lipinski definition) is 2. The first-order valence-corrected chi connectivity index (χ1v) is 9.45. The zero-order chi connectivity index (χ0) is 19.8. The molecule has 0 aliphatic heterocycles. The largest absolute Gasteiger partial charge is 0.399 e. The SMILES string of the molecule is Cc1cc(C)n(-c2ccc(C(=O)NC3CCCc4cc(N)ccc43)cc2F)n1.Cl. The zero-order valence-electron chi connectivity index (χ0n) is 16.4. The van der Waals surface area contributed by atoms with Crippen molar-refractivity contribution in [3.8, 4) is 5.69 Å². The van der Waals surface area contributed by atoms with Crippen LogP contribution in [0.25, 0.3) is 5.69 Å². The van der Waals surface area contributed by atoms with Crippen LogP contribution >= 0.6 is 12.4 Å². The van der Waals surface area contributed by atoms with Gasteiger partial charge in [-0.2, -0.15) is 5.10 Å². The minimum absolute atomic E-state index is 0. The summed E-state index contributed by atoms with van der Waals surface area (Å²) in [6.07, 6.45) is 2.79. The first-order valence-electron chi connectivity index (χ1n) is 9.45. The number of aryl methyl sites for hydroxylation is 3. The topological polar surface area (TPSA) is 72.9 Å². The van der Waals surface area contributed by atoms with Gasteiger partial charge < -0.3 is 11.1 Å². The maximum absolute atomic E-state index is 14.7. The molecule has 3 N–H and O–H groups in total. The molecule has 0 saturated heterocycles. The number of amides is 1. The van der Waals surface area contributed by atoms with Gasteiger partial charge >= 0.3 is 0 Å². The van der Waals surface area contributed by atoms with Crippen molar-refractivity contribution in [2.75, 3.05) is 5.73 Å². The van der Waals surface area contributed by atoms with Crippen LogP contribution in [0.15, 0.2) is 42.5 Å². The van der Waals surface area contributed by atoms with Crippen LogP contribution in [0.5, 0.6) is 0 Å². The van der Waals surface area contributed by atoms with E-state index in [1.54, 1.807) is 16.8 Å². The Balaban J connectivity index is 0.00000240. The van der Waals surface area contributed by atoms with E-state index in [2.05, 4.69) is 10.4 Å². The van der Waals surface area contributed by atoms with Crippen molar-refractivity contribution in [3.63, 3.8) is 0 Å². The van der Waals surface area contributed by atoms with Crippen LogP contribution < -0.4 is 11.1 Å². The van der Waals surface area contributed by atoms with E-state index in [-0.39, 0.29) is 24.4 Å². The third-order valence-electron chi connectivity index (χ3n) is 5.23. The summed E-state index contributed by atoms with van der Waals surface area (Å²) in [5, 5.41) is 7.35. The molecule has 0 radical (unpaired) electrons. The van der Waals surface area contributed by atoms with Gasteiger partial charge in [-0.05, 0) is 80.6 Å². The average molecular weight is 415 g/mol. The third kappa shape index (κ3) is 4.12. The molecule has 0 fully saturated rings. The summed E-state index contributed by atoms with van der Waals surface area (Å²) in [6.45, 7) is 3.73. The second-order valence-electron chi connectivity index (χ2n) is 7.38. The molecule has 2 aromatic carbocycles. The monoisotopic (exact) mass is 414 g/mol. The number of nitrogens with two attached hydrogens (primary N) is 1. The van der Waals surface area contributed by atoms with Gasteiger partial charge in [0.2, 0.25) is 0 Å². The molecule has 1 aromatic heterocycles. The molecule has 5 nitrogen and oxygen atoms in total. The average Bonchev–Trinajstić information content (AvgIpc) is 2.99. The predicted octanol–water partition coefficient (Wildman–Crippen LogP) is 4.44. The lowest BCUT2D eigenvalue weighted by Crippen LogP contribution is -2.31. The fourth-order valence-corrected chi connectivity index (χ4v) is 3.92. The molecule has 29 heavy (non-hydrogen) atoms. The van der Waals surface area contributed by atoms with Crippen molar-refractivity contribution in [1.29, 1.82) is 0 Å². The van der Waals surface area contributed by atoms with E-state index < -0.39 is 5.82 Å². The number of hydrogen-bond acceptors (Lipinski definition) is 3. The molecule has 1 heterocycles. The summed E-state index contributed by atoms with van der Waals surface area (Å²) in [4.78, 5) is 12.7. The number of nitrogens with one attached hydrogen (secondary N) is 1. The molecule has 0 saturated carbocycles. The number of rotatable bonds is 3. The smallest absolute Gasteiger partial charge is 0.251 e. The van der Waals surface area contributed by atoms with E-state index >= 15 is 0 Å². The van der Waals surface area contributed by atoms with Crippen molar-refractivity contribution >= 4 is 24.0 Å². The third-order valence-corrected chi connectivity index (χ3v) is 5.23. The van der Waals surface area contributed by atoms with Crippen molar-refractivity contribution in [1.82, 2.24) is 15.1 Å². The fraction of sp³-hybridized carbons (Fsp3) is 0.273. The molecular formula is C22H24ClFN4O. The lowest BCUT2D eigenvalue weighted by Gasteiger charge is -2.26. The number of nitrogen functional groups attached to an aromatic ring is 1. The van der Waals surface area contributed by atoms with Gasteiger partial charge in [0, 0.05) is 16.9 Å². The van der Waals surface area contributed by atoms with Crippen LogP contribution in [0.1, 0.15) is 51.8 Å². The lowest BCUT2D eigenvalue weighted by atomic mass is 9.87. The summed E-state index contributed by atoms with van der Waals surface area (Å²) in [6, 6.07) is 12.1. The van der Waals surface area contributed by atoms with Crippen LogP contribution in [-0.4, -0.2) is 15.7 Å². The summed E-state index contributed by atoms with van der Waals surface area (Å²) < 4.78 is 16.2. The molecule has 1 amide bonds. The van der Waals surface area contributed by atoms with Crippen LogP contribution in [0.3, 0.4) is 0 Å². The Bertz CT molecular complexity index is 1060.